The Kier molecular flexibility index (Phi) is 4.54. The molecule has 0 radical (unpaired) electrons. The van der Waals surface area contributed by atoms with Gasteiger partial charge in [-0.1, -0.05) is 49.2 Å². The third-order valence-electron chi connectivity index (χ3n) is 3.98. The molecule has 1 saturated carbocycles. The van der Waals surface area contributed by atoms with Crippen LogP contribution in [-0.2, 0) is 14.8 Å². The maximum absolute atomic E-state index is 12.4. The third-order valence-corrected chi connectivity index (χ3v) is 6.31. The van der Waals surface area contributed by atoms with E-state index in [4.69, 9.17) is 0 Å². The van der Waals surface area contributed by atoms with Crippen LogP contribution in [0.2, 0.25) is 0 Å². The molecule has 0 spiro atoms. The molecule has 0 aromatic heterocycles. The number of benzene rings is 1. The summed E-state index contributed by atoms with van der Waals surface area (Å²) < 4.78 is 28.7. The highest BCUT2D eigenvalue weighted by molar-refractivity contribution is 8.15. The van der Waals surface area contributed by atoms with Crippen LogP contribution in [0.5, 0.6) is 0 Å². The topological polar surface area (TPSA) is 66.8 Å². The van der Waals surface area contributed by atoms with Crippen LogP contribution in [0.15, 0.2) is 39.6 Å². The highest BCUT2D eigenvalue weighted by Crippen LogP contribution is 2.30. The maximum atomic E-state index is 12.4. The van der Waals surface area contributed by atoms with Gasteiger partial charge in [0, 0.05) is 6.04 Å². The Bertz CT molecular complexity index is 680. The van der Waals surface area contributed by atoms with E-state index in [1.54, 1.807) is 23.1 Å². The quantitative estimate of drug-likeness (QED) is 0.850. The highest BCUT2D eigenvalue weighted by atomic mass is 32.2. The number of rotatable bonds is 3. The van der Waals surface area contributed by atoms with Crippen molar-refractivity contribution < 1.29 is 13.2 Å². The molecule has 1 aromatic carbocycles. The summed E-state index contributed by atoms with van der Waals surface area (Å²) >= 11 is 1.22. The first-order valence-electron chi connectivity index (χ1n) is 7.43. The molecule has 0 N–H and O–H groups in total. The number of sulfonamides is 1. The largest absolute Gasteiger partial charge is 0.287 e. The molecule has 0 bridgehead atoms. The van der Waals surface area contributed by atoms with E-state index in [2.05, 4.69) is 4.40 Å². The standard InChI is InChI=1S/C15H18N2O3S2/c18-14-11-21-15(17(14)12-7-3-1-4-8-12)16-22(19,20)13-9-5-2-6-10-13/h2,5-6,9-10,12H,1,3-4,7-8,11H2/b16-15+. The summed E-state index contributed by atoms with van der Waals surface area (Å²) in [4.78, 5) is 13.9. The van der Waals surface area contributed by atoms with Crippen LogP contribution in [0.1, 0.15) is 32.1 Å². The van der Waals surface area contributed by atoms with Gasteiger partial charge in [0.1, 0.15) is 0 Å². The SMILES string of the molecule is O=C1CS/C(=N/S(=O)(=O)c2ccccc2)N1C1CCCCC1. The van der Waals surface area contributed by atoms with E-state index in [1.807, 2.05) is 0 Å². The Morgan fingerprint density at radius 1 is 1.09 bits per heavy atom. The highest BCUT2D eigenvalue weighted by Gasteiger charge is 2.36. The van der Waals surface area contributed by atoms with E-state index in [9.17, 15) is 13.2 Å². The van der Waals surface area contributed by atoms with Gasteiger partial charge in [-0.2, -0.15) is 8.42 Å². The molecule has 0 unspecified atom stereocenters. The van der Waals surface area contributed by atoms with E-state index in [-0.39, 0.29) is 22.6 Å². The van der Waals surface area contributed by atoms with E-state index in [1.165, 1.54) is 30.3 Å². The van der Waals surface area contributed by atoms with Gasteiger partial charge in [0.15, 0.2) is 5.17 Å². The van der Waals surface area contributed by atoms with E-state index < -0.39 is 10.0 Å². The number of hydrogen-bond acceptors (Lipinski definition) is 4. The summed E-state index contributed by atoms with van der Waals surface area (Å²) in [7, 11) is -3.77. The van der Waals surface area contributed by atoms with Crippen molar-refractivity contribution in [1.29, 1.82) is 0 Å². The second-order valence-corrected chi connectivity index (χ2v) is 8.05. The van der Waals surface area contributed by atoms with Crippen LogP contribution in [0.4, 0.5) is 0 Å². The predicted octanol–water partition coefficient (Wildman–Crippen LogP) is 2.64. The average molecular weight is 338 g/mol. The van der Waals surface area contributed by atoms with Crippen molar-refractivity contribution in [3.63, 3.8) is 0 Å². The predicted molar refractivity (Wildman–Crippen MR) is 87.2 cm³/mol. The van der Waals surface area contributed by atoms with Crippen molar-refractivity contribution in [2.75, 3.05) is 5.75 Å². The molecule has 2 aliphatic rings. The molecule has 118 valence electrons. The van der Waals surface area contributed by atoms with Gasteiger partial charge in [-0.15, -0.1) is 4.40 Å². The Hall–Kier alpha value is -1.34. The molecule has 3 rings (SSSR count). The molecule has 7 heteroatoms. The maximum Gasteiger partial charge on any atom is 0.284 e. The number of nitrogens with zero attached hydrogens (tertiary/aromatic N) is 2. The minimum Gasteiger partial charge on any atom is -0.287 e. The number of amides is 1. The van der Waals surface area contributed by atoms with Crippen LogP contribution in [0.25, 0.3) is 0 Å². The number of carbonyl (C=O) groups excluding carboxylic acids is 1. The van der Waals surface area contributed by atoms with Gasteiger partial charge in [0.05, 0.1) is 10.6 Å². The van der Waals surface area contributed by atoms with Crippen LogP contribution in [0, 0.1) is 0 Å². The molecule has 1 aliphatic heterocycles. The van der Waals surface area contributed by atoms with Crippen molar-refractivity contribution in [2.45, 2.75) is 43.0 Å². The summed E-state index contributed by atoms with van der Waals surface area (Å²) in [6.45, 7) is 0. The van der Waals surface area contributed by atoms with Gasteiger partial charge < -0.3 is 0 Å². The van der Waals surface area contributed by atoms with Gasteiger partial charge in [-0.05, 0) is 25.0 Å². The van der Waals surface area contributed by atoms with E-state index in [0.717, 1.165) is 25.7 Å². The summed E-state index contributed by atoms with van der Waals surface area (Å²) in [5, 5.41) is 0.334. The zero-order valence-corrected chi connectivity index (χ0v) is 13.8. The Morgan fingerprint density at radius 3 is 2.45 bits per heavy atom. The minimum absolute atomic E-state index is 0.0288. The second-order valence-electron chi connectivity index (χ2n) is 5.51. The van der Waals surface area contributed by atoms with Crippen molar-refractivity contribution in [2.24, 2.45) is 4.40 Å². The van der Waals surface area contributed by atoms with Gasteiger partial charge in [0.2, 0.25) is 5.91 Å². The fraction of sp³-hybridized carbons (Fsp3) is 0.467. The first kappa shape index (κ1) is 15.6. The van der Waals surface area contributed by atoms with Gasteiger partial charge >= 0.3 is 0 Å². The van der Waals surface area contributed by atoms with Crippen molar-refractivity contribution >= 4 is 32.9 Å². The van der Waals surface area contributed by atoms with E-state index >= 15 is 0 Å². The molecule has 1 aliphatic carbocycles. The van der Waals surface area contributed by atoms with Gasteiger partial charge in [0.25, 0.3) is 10.0 Å². The number of amidine groups is 1. The molecular formula is C15H18N2O3S2. The summed E-state index contributed by atoms with van der Waals surface area (Å²) in [5.74, 6) is 0.249. The van der Waals surface area contributed by atoms with E-state index in [0.29, 0.717) is 5.17 Å². The van der Waals surface area contributed by atoms with Crippen LogP contribution in [-0.4, -0.2) is 36.2 Å². The summed E-state index contributed by atoms with van der Waals surface area (Å²) in [6, 6.07) is 8.23. The van der Waals surface area contributed by atoms with Crippen LogP contribution >= 0.6 is 11.8 Å². The summed E-state index contributed by atoms with van der Waals surface area (Å²) in [5.41, 5.74) is 0. The minimum atomic E-state index is -3.77. The first-order chi connectivity index (χ1) is 10.6. The van der Waals surface area contributed by atoms with Gasteiger partial charge in [-0.3, -0.25) is 9.69 Å². The van der Waals surface area contributed by atoms with Crippen LogP contribution in [0.3, 0.4) is 0 Å². The zero-order valence-electron chi connectivity index (χ0n) is 12.1. The normalized spacial score (nSPS) is 22.5. The fourth-order valence-electron chi connectivity index (χ4n) is 2.89. The number of thioether (sulfide) groups is 1. The van der Waals surface area contributed by atoms with Crippen molar-refractivity contribution in [3.8, 4) is 0 Å². The monoisotopic (exact) mass is 338 g/mol. The second kappa shape index (κ2) is 6.42. The third kappa shape index (κ3) is 3.20. The molecule has 1 aromatic rings. The first-order valence-corrected chi connectivity index (χ1v) is 9.85. The lowest BCUT2D eigenvalue weighted by molar-refractivity contribution is -0.126. The van der Waals surface area contributed by atoms with Gasteiger partial charge in [-0.25, -0.2) is 0 Å². The van der Waals surface area contributed by atoms with Crippen LogP contribution < -0.4 is 0 Å². The smallest absolute Gasteiger partial charge is 0.284 e. The van der Waals surface area contributed by atoms with Crippen molar-refractivity contribution in [3.05, 3.63) is 30.3 Å². The fourth-order valence-corrected chi connectivity index (χ4v) is 5.08. The Labute approximate surface area is 134 Å². The molecule has 1 heterocycles. The Morgan fingerprint density at radius 2 is 1.77 bits per heavy atom. The lowest BCUT2D eigenvalue weighted by Gasteiger charge is -2.30. The molecule has 0 atom stereocenters. The number of hydrogen-bond donors (Lipinski definition) is 0. The Balaban J connectivity index is 1.90. The average Bonchev–Trinajstić information content (AvgIpc) is 2.89. The van der Waals surface area contributed by atoms with Crippen molar-refractivity contribution in [1.82, 2.24) is 4.90 Å². The molecule has 2 fully saturated rings. The number of carbonyl (C=O) groups is 1. The molecule has 1 amide bonds. The lowest BCUT2D eigenvalue weighted by atomic mass is 9.94. The summed E-state index contributed by atoms with van der Waals surface area (Å²) in [6.07, 6.45) is 5.20. The molecule has 22 heavy (non-hydrogen) atoms. The lowest BCUT2D eigenvalue weighted by Crippen LogP contribution is -2.41. The zero-order chi connectivity index (χ0) is 15.6. The molecule has 5 nitrogen and oxygen atoms in total. The molecular weight excluding hydrogens is 320 g/mol. The molecule has 1 saturated heterocycles.